The molecule has 1 aliphatic rings. The maximum Gasteiger partial charge on any atom is 0.225 e. The van der Waals surface area contributed by atoms with Gasteiger partial charge in [0.1, 0.15) is 5.75 Å². The first-order valence-corrected chi connectivity index (χ1v) is 9.00. The van der Waals surface area contributed by atoms with Crippen LogP contribution in [-0.2, 0) is 16.1 Å². The van der Waals surface area contributed by atoms with E-state index in [-0.39, 0.29) is 23.4 Å². The number of hydrogen-bond donors (Lipinski definition) is 1. The SMILES string of the molecule is COc1ccc2c(ccn2CCC(=O)NC2CC(=O)N(C(C)(C)C)C2)c1. The normalized spacial score (nSPS) is 17.8. The Balaban J connectivity index is 1.56. The Hall–Kier alpha value is -2.50. The molecule has 2 aromatic rings. The van der Waals surface area contributed by atoms with Crippen molar-refractivity contribution in [2.24, 2.45) is 0 Å². The van der Waals surface area contributed by atoms with Crippen LogP contribution in [0.15, 0.2) is 30.5 Å². The highest BCUT2D eigenvalue weighted by Gasteiger charge is 2.36. The Bertz CT molecular complexity index is 819. The summed E-state index contributed by atoms with van der Waals surface area (Å²) in [5.74, 6) is 0.907. The number of carbonyl (C=O) groups is 2. The van der Waals surface area contributed by atoms with Gasteiger partial charge in [-0.25, -0.2) is 0 Å². The van der Waals surface area contributed by atoms with E-state index in [4.69, 9.17) is 4.74 Å². The Labute approximate surface area is 154 Å². The lowest BCUT2D eigenvalue weighted by atomic mass is 10.1. The zero-order chi connectivity index (χ0) is 18.9. The van der Waals surface area contributed by atoms with Crippen LogP contribution in [0.5, 0.6) is 5.75 Å². The molecule has 3 rings (SSSR count). The third-order valence-corrected chi connectivity index (χ3v) is 4.86. The van der Waals surface area contributed by atoms with Gasteiger partial charge in [-0.2, -0.15) is 0 Å². The standard InChI is InChI=1S/C20H27N3O3/c1-20(2,3)23-13-15(12-19(23)25)21-18(24)8-10-22-9-7-14-11-16(26-4)5-6-17(14)22/h5-7,9,11,15H,8,10,12-13H2,1-4H3,(H,21,24). The molecule has 0 radical (unpaired) electrons. The van der Waals surface area contributed by atoms with Crippen molar-refractivity contribution in [3.05, 3.63) is 30.5 Å². The monoisotopic (exact) mass is 357 g/mol. The first-order chi connectivity index (χ1) is 12.3. The number of hydrogen-bond acceptors (Lipinski definition) is 3. The summed E-state index contributed by atoms with van der Waals surface area (Å²) >= 11 is 0. The first-order valence-electron chi connectivity index (χ1n) is 9.00. The Morgan fingerprint density at radius 2 is 2.08 bits per heavy atom. The smallest absolute Gasteiger partial charge is 0.225 e. The summed E-state index contributed by atoms with van der Waals surface area (Å²) < 4.78 is 7.31. The van der Waals surface area contributed by atoms with Crippen molar-refractivity contribution in [2.75, 3.05) is 13.7 Å². The van der Waals surface area contributed by atoms with Crippen molar-refractivity contribution in [1.29, 1.82) is 0 Å². The summed E-state index contributed by atoms with van der Waals surface area (Å²) in [6.07, 6.45) is 2.75. The molecular formula is C20H27N3O3. The van der Waals surface area contributed by atoms with Crippen LogP contribution in [0, 0.1) is 0 Å². The van der Waals surface area contributed by atoms with Gasteiger partial charge in [-0.1, -0.05) is 0 Å². The van der Waals surface area contributed by atoms with Crippen molar-refractivity contribution in [3.63, 3.8) is 0 Å². The van der Waals surface area contributed by atoms with Gasteiger partial charge < -0.3 is 19.5 Å². The van der Waals surface area contributed by atoms with Crippen LogP contribution >= 0.6 is 0 Å². The van der Waals surface area contributed by atoms with Crippen LogP contribution in [0.2, 0.25) is 0 Å². The van der Waals surface area contributed by atoms with Crippen molar-refractivity contribution >= 4 is 22.7 Å². The van der Waals surface area contributed by atoms with Crippen molar-refractivity contribution in [1.82, 2.24) is 14.8 Å². The number of methoxy groups -OCH3 is 1. The number of benzene rings is 1. The van der Waals surface area contributed by atoms with Gasteiger partial charge in [0.25, 0.3) is 0 Å². The zero-order valence-corrected chi connectivity index (χ0v) is 15.9. The van der Waals surface area contributed by atoms with Gasteiger partial charge in [0.05, 0.1) is 13.2 Å². The van der Waals surface area contributed by atoms with Gasteiger partial charge in [-0.05, 0) is 45.0 Å². The van der Waals surface area contributed by atoms with E-state index in [1.165, 1.54) is 0 Å². The highest BCUT2D eigenvalue weighted by Crippen LogP contribution is 2.23. The minimum Gasteiger partial charge on any atom is -0.497 e. The van der Waals surface area contributed by atoms with E-state index in [1.54, 1.807) is 7.11 Å². The van der Waals surface area contributed by atoms with Crippen molar-refractivity contribution < 1.29 is 14.3 Å². The van der Waals surface area contributed by atoms with E-state index in [1.807, 2.05) is 56.1 Å². The molecular weight excluding hydrogens is 330 g/mol. The van der Waals surface area contributed by atoms with Crippen LogP contribution < -0.4 is 10.1 Å². The number of nitrogens with one attached hydrogen (secondary N) is 1. The first kappa shape index (κ1) is 18.3. The lowest BCUT2D eigenvalue weighted by molar-refractivity contribution is -0.131. The van der Waals surface area contributed by atoms with E-state index >= 15 is 0 Å². The fraction of sp³-hybridized carbons (Fsp3) is 0.500. The Morgan fingerprint density at radius 1 is 1.31 bits per heavy atom. The van der Waals surface area contributed by atoms with Crippen LogP contribution in [0.25, 0.3) is 10.9 Å². The number of aromatic nitrogens is 1. The molecule has 140 valence electrons. The summed E-state index contributed by atoms with van der Waals surface area (Å²) in [5.41, 5.74) is 0.871. The topological polar surface area (TPSA) is 63.6 Å². The van der Waals surface area contributed by atoms with Gasteiger partial charge in [0.15, 0.2) is 0 Å². The van der Waals surface area contributed by atoms with Crippen LogP contribution in [0.3, 0.4) is 0 Å². The largest absolute Gasteiger partial charge is 0.497 e. The number of nitrogens with zero attached hydrogens (tertiary/aromatic N) is 2. The minimum absolute atomic E-state index is 0.0195. The molecule has 2 amide bonds. The zero-order valence-electron chi connectivity index (χ0n) is 15.9. The number of likely N-dealkylation sites (tertiary alicyclic amines) is 1. The maximum absolute atomic E-state index is 12.3. The predicted octanol–water partition coefficient (Wildman–Crippen LogP) is 2.56. The summed E-state index contributed by atoms with van der Waals surface area (Å²) in [7, 11) is 1.65. The van der Waals surface area contributed by atoms with Crippen LogP contribution in [0.1, 0.15) is 33.6 Å². The minimum atomic E-state index is -0.207. The fourth-order valence-corrected chi connectivity index (χ4v) is 3.47. The second-order valence-corrected chi connectivity index (χ2v) is 7.83. The number of rotatable bonds is 5. The van der Waals surface area contributed by atoms with Crippen molar-refractivity contribution in [3.8, 4) is 5.75 Å². The fourth-order valence-electron chi connectivity index (χ4n) is 3.47. The average molecular weight is 357 g/mol. The molecule has 1 fully saturated rings. The lowest BCUT2D eigenvalue weighted by Gasteiger charge is -2.32. The molecule has 0 saturated carbocycles. The number of fused-ring (bicyclic) bond motifs is 1. The van der Waals surface area contributed by atoms with Gasteiger partial charge >= 0.3 is 0 Å². The summed E-state index contributed by atoms with van der Waals surface area (Å²) in [5, 5.41) is 4.10. The quantitative estimate of drug-likeness (QED) is 0.894. The molecule has 0 spiro atoms. The second-order valence-electron chi connectivity index (χ2n) is 7.83. The highest BCUT2D eigenvalue weighted by molar-refractivity contribution is 5.83. The van der Waals surface area contributed by atoms with Crippen molar-refractivity contribution in [2.45, 2.75) is 51.7 Å². The second kappa shape index (κ2) is 7.02. The van der Waals surface area contributed by atoms with Crippen LogP contribution in [-0.4, -0.2) is 46.5 Å². The van der Waals surface area contributed by atoms with E-state index in [2.05, 4.69) is 9.88 Å². The molecule has 26 heavy (non-hydrogen) atoms. The summed E-state index contributed by atoms with van der Waals surface area (Å²) in [6, 6.07) is 7.83. The molecule has 1 aliphatic heterocycles. The molecule has 6 nitrogen and oxygen atoms in total. The lowest BCUT2D eigenvalue weighted by Crippen LogP contribution is -2.44. The molecule has 1 N–H and O–H groups in total. The predicted molar refractivity (Wildman–Crippen MR) is 101 cm³/mol. The molecule has 2 heterocycles. The number of aryl methyl sites for hydroxylation is 1. The van der Waals surface area contributed by atoms with E-state index in [0.717, 1.165) is 16.7 Å². The van der Waals surface area contributed by atoms with E-state index < -0.39 is 0 Å². The molecule has 1 aromatic heterocycles. The maximum atomic E-state index is 12.3. The molecule has 1 unspecified atom stereocenters. The highest BCUT2D eigenvalue weighted by atomic mass is 16.5. The molecule has 1 aromatic carbocycles. The molecule has 1 atom stereocenters. The number of ether oxygens (including phenoxy) is 1. The van der Waals surface area contributed by atoms with Gasteiger partial charge in [0, 0.05) is 48.6 Å². The van der Waals surface area contributed by atoms with Gasteiger partial charge in [-0.3, -0.25) is 9.59 Å². The van der Waals surface area contributed by atoms with Gasteiger partial charge in [0.2, 0.25) is 11.8 Å². The molecule has 0 bridgehead atoms. The molecule has 0 aliphatic carbocycles. The van der Waals surface area contributed by atoms with Crippen LogP contribution in [0.4, 0.5) is 0 Å². The summed E-state index contributed by atoms with van der Waals surface area (Å²) in [4.78, 5) is 26.3. The third kappa shape index (κ3) is 3.84. The average Bonchev–Trinajstić information content (AvgIpc) is 3.15. The molecule has 6 heteroatoms. The van der Waals surface area contributed by atoms with E-state index in [9.17, 15) is 9.59 Å². The van der Waals surface area contributed by atoms with E-state index in [0.29, 0.717) is 25.9 Å². The third-order valence-electron chi connectivity index (χ3n) is 4.86. The summed E-state index contributed by atoms with van der Waals surface area (Å²) in [6.45, 7) is 7.23. The molecule has 1 saturated heterocycles. The Kier molecular flexibility index (Phi) is 4.94. The number of amides is 2. The van der Waals surface area contributed by atoms with Gasteiger partial charge in [-0.15, -0.1) is 0 Å². The number of carbonyl (C=O) groups excluding carboxylic acids is 2. The Morgan fingerprint density at radius 3 is 2.73 bits per heavy atom.